The normalized spacial score (nSPS) is 12.1. The summed E-state index contributed by atoms with van der Waals surface area (Å²) in [5, 5.41) is 21.7. The number of aliphatic hydroxyl groups excluding tert-OH is 2. The predicted molar refractivity (Wildman–Crippen MR) is 418 cm³/mol. The van der Waals surface area contributed by atoms with Gasteiger partial charge in [0, 0.05) is 319 Å². The first-order valence-electron chi connectivity index (χ1n) is 20.0. The molecule has 1 amide bonds. The van der Waals surface area contributed by atoms with E-state index in [1.807, 2.05) is 126 Å². The highest BCUT2D eigenvalue weighted by Gasteiger charge is 2.38. The number of rotatable bonds is 5. The van der Waals surface area contributed by atoms with E-state index in [0.717, 1.165) is 45.3 Å². The van der Waals surface area contributed by atoms with Gasteiger partial charge in [0.15, 0.2) is 0 Å². The van der Waals surface area contributed by atoms with E-state index in [1.54, 1.807) is 222 Å². The van der Waals surface area contributed by atoms with E-state index in [-0.39, 0.29) is 31.2 Å². The second kappa shape index (κ2) is 48.3. The Bertz CT molecular complexity index is 4230. The topological polar surface area (TPSA) is 73.7 Å². The number of aliphatic hydroxyl groups is 2. The van der Waals surface area contributed by atoms with Crippen molar-refractivity contribution in [3.63, 3.8) is 0 Å². The van der Waals surface area contributed by atoms with Crippen molar-refractivity contribution < 1.29 is 15.0 Å². The van der Waals surface area contributed by atoms with Gasteiger partial charge in [-0.15, -0.1) is 0 Å². The first-order chi connectivity index (χ1) is 38.0. The van der Waals surface area contributed by atoms with Crippen LogP contribution in [-0.2, 0) is 315 Å². The van der Waals surface area contributed by atoms with Crippen molar-refractivity contribution in [1.82, 2.24) is 9.88 Å². The molecule has 77 heavy (non-hydrogen) atoms. The largest absolute Gasteiger partial charge is 0.394 e. The van der Waals surface area contributed by atoms with Crippen LogP contribution < -0.4 is 0 Å². The Kier molecular flexibility index (Phi) is 44.9. The van der Waals surface area contributed by atoms with Gasteiger partial charge in [-0.2, -0.15) is 0 Å². The molecule has 0 aliphatic carbocycles. The van der Waals surface area contributed by atoms with Crippen LogP contribution in [-0.4, -0.2) is 32.6 Å². The Labute approximate surface area is 550 Å². The lowest BCUT2D eigenvalue weighted by Gasteiger charge is -2.43. The fraction of sp³-hybridized carbons (Fsp3) is 0.128. The van der Waals surface area contributed by atoms with Gasteiger partial charge in [-0.25, -0.2) is 4.98 Å². The van der Waals surface area contributed by atoms with Crippen molar-refractivity contribution in [2.24, 2.45) is 0 Å². The van der Waals surface area contributed by atoms with Crippen LogP contribution in [0.3, 0.4) is 0 Å². The van der Waals surface area contributed by atoms with Gasteiger partial charge in [-0.05, 0) is 46.7 Å². The fourth-order valence-electron chi connectivity index (χ4n) is 6.30. The minimum absolute atomic E-state index is 0.0405. The van der Waals surface area contributed by atoms with Crippen LogP contribution in [0.1, 0.15) is 44.8 Å². The van der Waals surface area contributed by atoms with Crippen molar-refractivity contribution in [3.05, 3.63) is 174 Å². The first-order valence-corrected chi connectivity index (χ1v) is 61.3. The molecule has 38 heteroatoms. The van der Waals surface area contributed by atoms with Crippen LogP contribution in [0.15, 0.2) is 146 Å². The molecule has 1 aromatic heterocycles. The Balaban J connectivity index is 0.000000227. The molecule has 0 radical (unpaired) electrons. The minimum atomic E-state index is -0.349. The third-order valence-corrected chi connectivity index (χ3v) is 68.9. The number of aromatic nitrogens is 1. The standard InChI is InChI=1S/C23H21NO2.C16H13NO.S17.S16/c25-16-22-20-14-8-7-13-19(20)15-21(17-9-3-1-4-10-17)24(22)23(26)18-11-5-2-6-12-18;18-11-16-14-9-5-4-8-13(14)10-15(17-16)12-6-2-1-3-7-12;1-3-5-7-9-11-13-15-17-16-14-12-10-8-6-4-2;1-3-5-7-9-11-13-15-16-14-12-10-8-6-4-2/h1-14,21-22,25H,15-16H2;1-10,18H,11H2;;/t21-,22-;;;/m0.../s1. The average Bonchev–Trinajstić information content (AvgIpc) is 3.49. The lowest BCUT2D eigenvalue weighted by atomic mass is 9.85. The van der Waals surface area contributed by atoms with Crippen LogP contribution in [0.2, 0.25) is 0 Å². The second-order valence-electron chi connectivity index (χ2n) is 12.8. The van der Waals surface area contributed by atoms with E-state index >= 15 is 0 Å². The number of hydrogen-bond donors (Lipinski definition) is 2. The van der Waals surface area contributed by atoms with Gasteiger partial charge in [0.05, 0.1) is 36.7 Å². The van der Waals surface area contributed by atoms with Gasteiger partial charge in [-0.3, -0.25) is 4.79 Å². The van der Waals surface area contributed by atoms with Crippen LogP contribution in [0.5, 0.6) is 0 Å². The highest BCUT2D eigenvalue weighted by molar-refractivity contribution is 8.78. The van der Waals surface area contributed by atoms with Gasteiger partial charge in [0.2, 0.25) is 0 Å². The van der Waals surface area contributed by atoms with E-state index < -0.39 is 0 Å². The van der Waals surface area contributed by atoms with E-state index in [9.17, 15) is 15.0 Å². The SMILES string of the molecule is O=C(c1ccccc1)N1[C@H](c2ccccc2)Cc2ccccc2[C@@H]1CO.OCc1nc(-c2ccccc2)cc2ccccc12.S=S=S=S=S=S=S=S=S=S=S=S=S=S=S=S.S=S=S=S=S=S=S=S=S=S=S=S=S=S=S=S=S. The highest BCUT2D eigenvalue weighted by Crippen LogP contribution is 2.41. The quantitative estimate of drug-likeness (QED) is 0.185. The summed E-state index contributed by atoms with van der Waals surface area (Å²) in [7, 11) is 48.9. The summed E-state index contributed by atoms with van der Waals surface area (Å²) in [6.07, 6.45) is 0.745. The summed E-state index contributed by atoms with van der Waals surface area (Å²) in [5.41, 5.74) is 6.66. The van der Waals surface area contributed by atoms with Crippen LogP contribution in [0.4, 0.5) is 0 Å². The monoisotopic (exact) mass is 1630 g/mol. The molecule has 7 rings (SSSR count). The van der Waals surface area contributed by atoms with Crippen molar-refractivity contribution in [2.45, 2.75) is 25.1 Å². The Morgan fingerprint density at radius 3 is 1.31 bits per heavy atom. The molecule has 0 unspecified atom stereocenters. The summed E-state index contributed by atoms with van der Waals surface area (Å²) in [6.45, 7) is -0.139. The molecule has 0 bridgehead atoms. The molecule has 1 aliphatic heterocycles. The number of pyridine rings is 1. The lowest BCUT2D eigenvalue weighted by molar-refractivity contribution is 0.0410. The van der Waals surface area contributed by atoms with Crippen molar-refractivity contribution in [2.75, 3.05) is 6.61 Å². The van der Waals surface area contributed by atoms with E-state index in [2.05, 4.69) is 29.2 Å². The smallest absolute Gasteiger partial charge is 0.254 e. The van der Waals surface area contributed by atoms with Gasteiger partial charge < -0.3 is 15.1 Å². The summed E-state index contributed by atoms with van der Waals surface area (Å²) < 4.78 is 0. The molecular formula is C39H34N2O3S33. The molecule has 0 saturated heterocycles. The molecule has 0 spiro atoms. The number of nitrogens with zero attached hydrogens (tertiary/aromatic N) is 2. The molecule has 5 nitrogen and oxygen atoms in total. The molecule has 416 valence electrons. The predicted octanol–water partition coefficient (Wildman–Crippen LogP) is 7.47. The summed E-state index contributed by atoms with van der Waals surface area (Å²) >= 11 is 18.9. The number of benzene rings is 5. The summed E-state index contributed by atoms with van der Waals surface area (Å²) in [5.74, 6) is -0.0481. The third-order valence-electron chi connectivity index (χ3n) is 8.90. The van der Waals surface area contributed by atoms with E-state index in [0.29, 0.717) is 5.56 Å². The van der Waals surface area contributed by atoms with Crippen LogP contribution >= 0.6 is 0 Å². The average molecular weight is 1640 g/mol. The summed E-state index contributed by atoms with van der Waals surface area (Å²) in [6, 6.07) is 47.1. The lowest BCUT2D eigenvalue weighted by Crippen LogP contribution is -2.43. The maximum absolute atomic E-state index is 13.4. The van der Waals surface area contributed by atoms with Gasteiger partial charge in [0.25, 0.3) is 5.91 Å². The Morgan fingerprint density at radius 2 is 0.870 bits per heavy atom. The number of carbonyl (C=O) groups excluding carboxylic acids is 1. The van der Waals surface area contributed by atoms with E-state index in [4.69, 9.17) is 44.8 Å². The second-order valence-corrected chi connectivity index (χ2v) is 64.1. The molecule has 1 aliphatic rings. The summed E-state index contributed by atoms with van der Waals surface area (Å²) in [4.78, 5) is 19.8. The molecular weight excluding hydrogens is 1600 g/mol. The Hall–Kier alpha value is 2.16. The molecule has 2 N–H and O–H groups in total. The number of amides is 1. The fourth-order valence-corrected chi connectivity index (χ4v) is 74.9. The molecule has 6 aromatic rings. The zero-order valence-electron chi connectivity index (χ0n) is 37.8. The minimum Gasteiger partial charge on any atom is -0.394 e. The molecule has 2 heterocycles. The van der Waals surface area contributed by atoms with Gasteiger partial charge in [-0.1, -0.05) is 127 Å². The molecule has 0 saturated carbocycles. The first kappa shape index (κ1) is 71.6. The van der Waals surface area contributed by atoms with Crippen molar-refractivity contribution in [3.8, 4) is 11.3 Å². The number of hydrogen-bond acceptors (Lipinski definition) is 8. The molecule has 0 fully saturated rings. The van der Waals surface area contributed by atoms with Gasteiger partial charge >= 0.3 is 0 Å². The highest BCUT2D eigenvalue weighted by atomic mass is 33.5. The molecule has 2 atom stereocenters. The molecule has 5 aromatic carbocycles. The third kappa shape index (κ3) is 29.9. The zero-order chi connectivity index (χ0) is 54.8. The van der Waals surface area contributed by atoms with Gasteiger partial charge in [0.1, 0.15) is 0 Å². The number of fused-ring (bicyclic) bond motifs is 2. The maximum Gasteiger partial charge on any atom is 0.254 e. The van der Waals surface area contributed by atoms with Crippen molar-refractivity contribution in [1.29, 1.82) is 0 Å². The van der Waals surface area contributed by atoms with Crippen LogP contribution in [0.25, 0.3) is 22.0 Å². The van der Waals surface area contributed by atoms with E-state index in [1.165, 1.54) is 41.1 Å². The maximum atomic E-state index is 13.4. The van der Waals surface area contributed by atoms with Crippen LogP contribution in [0, 0.1) is 0 Å². The Morgan fingerprint density at radius 1 is 0.481 bits per heavy atom. The van der Waals surface area contributed by atoms with Crippen molar-refractivity contribution >= 4 is 319 Å². The number of carbonyl (C=O) groups is 1. The zero-order valence-corrected chi connectivity index (χ0v) is 64.7.